The molecular formula is C18H24N2O4S. The van der Waals surface area contributed by atoms with Gasteiger partial charge in [0.15, 0.2) is 0 Å². The van der Waals surface area contributed by atoms with E-state index in [4.69, 9.17) is 9.47 Å². The molecule has 0 fully saturated rings. The molecule has 6 nitrogen and oxygen atoms in total. The van der Waals surface area contributed by atoms with Crippen molar-refractivity contribution >= 4 is 27.5 Å². The molecule has 1 unspecified atom stereocenters. The first-order valence-corrected chi connectivity index (χ1v) is 9.64. The van der Waals surface area contributed by atoms with Crippen LogP contribution >= 0.6 is 11.3 Å². The Morgan fingerprint density at radius 1 is 1.40 bits per heavy atom. The first-order valence-electron chi connectivity index (χ1n) is 8.83. The van der Waals surface area contributed by atoms with Crippen molar-refractivity contribution in [3.63, 3.8) is 0 Å². The van der Waals surface area contributed by atoms with Crippen molar-refractivity contribution in [3.05, 3.63) is 27.1 Å². The van der Waals surface area contributed by atoms with Gasteiger partial charge in [0.25, 0.3) is 5.56 Å². The monoisotopic (exact) mass is 364 g/mol. The number of carbonyl (C=O) groups is 1. The molecule has 1 atom stereocenters. The quantitative estimate of drug-likeness (QED) is 0.558. The van der Waals surface area contributed by atoms with E-state index in [-0.39, 0.29) is 18.7 Å². The molecule has 25 heavy (non-hydrogen) atoms. The zero-order chi connectivity index (χ0) is 17.8. The van der Waals surface area contributed by atoms with E-state index in [9.17, 15) is 9.59 Å². The molecule has 0 spiro atoms. The molecule has 1 aliphatic carbocycles. The Bertz CT molecular complexity index is 811. The van der Waals surface area contributed by atoms with Gasteiger partial charge in [-0.25, -0.2) is 4.98 Å². The summed E-state index contributed by atoms with van der Waals surface area (Å²) in [7, 11) is 0. The molecule has 2 aromatic rings. The number of nitrogens with zero attached hydrogens (tertiary/aromatic N) is 2. The minimum atomic E-state index is -0.443. The second-order valence-corrected chi connectivity index (χ2v) is 7.63. The lowest BCUT2D eigenvalue weighted by Gasteiger charge is -2.17. The average molecular weight is 364 g/mol. The van der Waals surface area contributed by atoms with Gasteiger partial charge in [-0.3, -0.25) is 14.2 Å². The van der Waals surface area contributed by atoms with Gasteiger partial charge in [-0.05, 0) is 37.2 Å². The number of rotatable bonds is 7. The van der Waals surface area contributed by atoms with Gasteiger partial charge in [0.1, 0.15) is 18.0 Å². The van der Waals surface area contributed by atoms with Gasteiger partial charge in [0, 0.05) is 11.5 Å². The predicted molar refractivity (Wildman–Crippen MR) is 97.1 cm³/mol. The largest absolute Gasteiger partial charge is 0.462 e. The standard InChI is InChI=1S/C18H24N2O4S/c1-3-6-23-7-8-24-15(21)10-20-11-19-17-16(18(20)22)13-5-4-12(2)9-14(13)25-17/h11-12H,3-10H2,1-2H3. The maximum atomic E-state index is 12.8. The lowest BCUT2D eigenvalue weighted by atomic mass is 9.89. The van der Waals surface area contributed by atoms with Crippen LogP contribution in [0.3, 0.4) is 0 Å². The number of thiophene rings is 1. The third-order valence-corrected chi connectivity index (χ3v) is 5.58. The summed E-state index contributed by atoms with van der Waals surface area (Å²) >= 11 is 1.61. The van der Waals surface area contributed by atoms with Crippen LogP contribution in [0.25, 0.3) is 10.2 Å². The van der Waals surface area contributed by atoms with E-state index < -0.39 is 5.97 Å². The molecule has 0 aliphatic heterocycles. The van der Waals surface area contributed by atoms with Crippen LogP contribution in [0.5, 0.6) is 0 Å². The van der Waals surface area contributed by atoms with Crippen molar-refractivity contribution in [2.75, 3.05) is 19.8 Å². The maximum absolute atomic E-state index is 12.8. The summed E-state index contributed by atoms with van der Waals surface area (Å²) in [5.41, 5.74) is 0.988. The molecule has 0 saturated heterocycles. The Morgan fingerprint density at radius 2 is 2.24 bits per heavy atom. The fourth-order valence-corrected chi connectivity index (χ4v) is 4.47. The summed E-state index contributed by atoms with van der Waals surface area (Å²) < 4.78 is 11.7. The van der Waals surface area contributed by atoms with Gasteiger partial charge < -0.3 is 9.47 Å². The molecule has 2 heterocycles. The van der Waals surface area contributed by atoms with Crippen LogP contribution in [-0.2, 0) is 33.7 Å². The number of esters is 1. The molecule has 0 radical (unpaired) electrons. The summed E-state index contributed by atoms with van der Waals surface area (Å²) in [6, 6.07) is 0. The predicted octanol–water partition coefficient (Wildman–Crippen LogP) is 2.55. The summed E-state index contributed by atoms with van der Waals surface area (Å²) in [4.78, 5) is 31.2. The fraction of sp³-hybridized carbons (Fsp3) is 0.611. The van der Waals surface area contributed by atoms with E-state index in [1.165, 1.54) is 15.8 Å². The number of hydrogen-bond donors (Lipinski definition) is 0. The van der Waals surface area contributed by atoms with E-state index in [0.717, 1.165) is 36.1 Å². The minimum Gasteiger partial charge on any atom is -0.462 e. The molecule has 2 aromatic heterocycles. The zero-order valence-electron chi connectivity index (χ0n) is 14.7. The highest BCUT2D eigenvalue weighted by molar-refractivity contribution is 7.18. The summed E-state index contributed by atoms with van der Waals surface area (Å²) in [6.45, 7) is 5.37. The number of aryl methyl sites for hydroxylation is 1. The molecule has 0 aromatic carbocycles. The van der Waals surface area contributed by atoms with Crippen LogP contribution < -0.4 is 5.56 Å². The Labute approximate surface area is 150 Å². The second kappa shape index (κ2) is 8.10. The van der Waals surface area contributed by atoms with Crippen LogP contribution in [-0.4, -0.2) is 35.3 Å². The van der Waals surface area contributed by atoms with Crippen molar-refractivity contribution < 1.29 is 14.3 Å². The van der Waals surface area contributed by atoms with Crippen molar-refractivity contribution in [2.24, 2.45) is 5.92 Å². The topological polar surface area (TPSA) is 70.4 Å². The normalized spacial score (nSPS) is 16.8. The molecular weight excluding hydrogens is 340 g/mol. The SMILES string of the molecule is CCCOCCOC(=O)Cn1cnc2sc3c(c2c1=O)CCC(C)C3. The lowest BCUT2D eigenvalue weighted by molar-refractivity contribution is -0.146. The average Bonchev–Trinajstić information content (AvgIpc) is 2.95. The molecule has 3 rings (SSSR count). The van der Waals surface area contributed by atoms with Crippen molar-refractivity contribution in [1.29, 1.82) is 0 Å². The van der Waals surface area contributed by atoms with Gasteiger partial charge in [-0.1, -0.05) is 13.8 Å². The highest BCUT2D eigenvalue weighted by atomic mass is 32.1. The Morgan fingerprint density at radius 3 is 3.04 bits per heavy atom. The third kappa shape index (κ3) is 4.10. The van der Waals surface area contributed by atoms with E-state index >= 15 is 0 Å². The van der Waals surface area contributed by atoms with Gasteiger partial charge in [-0.2, -0.15) is 0 Å². The first kappa shape index (κ1) is 18.1. The highest BCUT2D eigenvalue weighted by Crippen LogP contribution is 2.35. The Balaban J connectivity index is 1.71. The highest BCUT2D eigenvalue weighted by Gasteiger charge is 2.23. The maximum Gasteiger partial charge on any atom is 0.326 e. The minimum absolute atomic E-state index is 0.115. The Kier molecular flexibility index (Phi) is 5.86. The lowest BCUT2D eigenvalue weighted by Crippen LogP contribution is -2.26. The van der Waals surface area contributed by atoms with Crippen molar-refractivity contribution in [2.45, 2.75) is 46.1 Å². The van der Waals surface area contributed by atoms with Gasteiger partial charge in [0.2, 0.25) is 0 Å². The molecule has 0 N–H and O–H groups in total. The number of aromatic nitrogens is 2. The Hall–Kier alpha value is -1.73. The summed E-state index contributed by atoms with van der Waals surface area (Å²) in [6.07, 6.45) is 5.39. The van der Waals surface area contributed by atoms with Gasteiger partial charge in [0.05, 0.1) is 18.3 Å². The van der Waals surface area contributed by atoms with Crippen molar-refractivity contribution in [3.8, 4) is 0 Å². The molecule has 1 aliphatic rings. The van der Waals surface area contributed by atoms with E-state index in [0.29, 0.717) is 24.5 Å². The second-order valence-electron chi connectivity index (χ2n) is 6.54. The number of carbonyl (C=O) groups excluding carboxylic acids is 1. The van der Waals surface area contributed by atoms with Crippen LogP contribution in [0.2, 0.25) is 0 Å². The number of ether oxygens (including phenoxy) is 2. The van der Waals surface area contributed by atoms with E-state index in [1.807, 2.05) is 6.92 Å². The summed E-state index contributed by atoms with van der Waals surface area (Å²) in [5.74, 6) is 0.203. The van der Waals surface area contributed by atoms with Crippen molar-refractivity contribution in [1.82, 2.24) is 9.55 Å². The van der Waals surface area contributed by atoms with Crippen LogP contribution in [0.15, 0.2) is 11.1 Å². The molecule has 136 valence electrons. The number of fused-ring (bicyclic) bond motifs is 3. The fourth-order valence-electron chi connectivity index (χ4n) is 3.12. The smallest absolute Gasteiger partial charge is 0.326 e. The van der Waals surface area contributed by atoms with Crippen LogP contribution in [0, 0.1) is 5.92 Å². The summed E-state index contributed by atoms with van der Waals surface area (Å²) in [5, 5.41) is 0.688. The van der Waals surface area contributed by atoms with Crippen LogP contribution in [0.1, 0.15) is 37.1 Å². The van der Waals surface area contributed by atoms with Gasteiger partial charge >= 0.3 is 5.97 Å². The molecule has 7 heteroatoms. The molecule has 0 amide bonds. The van der Waals surface area contributed by atoms with Crippen LogP contribution in [0.4, 0.5) is 0 Å². The number of hydrogen-bond acceptors (Lipinski definition) is 6. The third-order valence-electron chi connectivity index (χ3n) is 4.42. The molecule has 0 saturated carbocycles. The zero-order valence-corrected chi connectivity index (χ0v) is 15.6. The first-order chi connectivity index (χ1) is 12.1. The molecule has 0 bridgehead atoms. The van der Waals surface area contributed by atoms with E-state index in [1.54, 1.807) is 11.3 Å². The van der Waals surface area contributed by atoms with E-state index in [2.05, 4.69) is 11.9 Å². The van der Waals surface area contributed by atoms with Gasteiger partial charge in [-0.15, -0.1) is 11.3 Å².